The Morgan fingerprint density at radius 1 is 1.08 bits per heavy atom. The van der Waals surface area contributed by atoms with Gasteiger partial charge in [0.1, 0.15) is 5.75 Å². The molecule has 2 N–H and O–H groups in total. The predicted molar refractivity (Wildman–Crippen MR) is 91.8 cm³/mol. The van der Waals surface area contributed by atoms with Gasteiger partial charge in [0.05, 0.1) is 16.5 Å². The molecule has 0 saturated carbocycles. The molecule has 0 bridgehead atoms. The van der Waals surface area contributed by atoms with E-state index < -0.39 is 28.4 Å². The molecule has 8 heteroatoms. The summed E-state index contributed by atoms with van der Waals surface area (Å²) < 4.78 is 0. The Morgan fingerprint density at radius 2 is 1.65 bits per heavy atom. The summed E-state index contributed by atoms with van der Waals surface area (Å²) in [5.41, 5.74) is 0.578. The maximum Gasteiger partial charge on any atom is 0.294 e. The van der Waals surface area contributed by atoms with Crippen molar-refractivity contribution in [2.45, 2.75) is 13.0 Å². The first kappa shape index (κ1) is 17.2. The van der Waals surface area contributed by atoms with E-state index >= 15 is 0 Å². The molecule has 3 rings (SSSR count). The molecule has 1 amide bonds. The number of aromatic hydroxyl groups is 1. The first-order valence-corrected chi connectivity index (χ1v) is 7.62. The lowest BCUT2D eigenvalue weighted by atomic mass is 9.96. The summed E-state index contributed by atoms with van der Waals surface area (Å²) in [6.07, 6.45) is 0. The highest BCUT2D eigenvalue weighted by Crippen LogP contribution is 2.41. The number of hydrogen-bond acceptors (Lipinski definition) is 6. The topological polar surface area (TPSA) is 121 Å². The van der Waals surface area contributed by atoms with Crippen molar-refractivity contribution >= 4 is 23.1 Å². The minimum atomic E-state index is -0.926. The van der Waals surface area contributed by atoms with E-state index in [-0.39, 0.29) is 17.0 Å². The predicted octanol–water partition coefficient (Wildman–Crippen LogP) is 2.79. The molecular weight excluding hydrogens is 340 g/mol. The second kappa shape index (κ2) is 6.32. The molecule has 26 heavy (non-hydrogen) atoms. The van der Waals surface area contributed by atoms with Crippen molar-refractivity contribution in [3.63, 3.8) is 0 Å². The molecular formula is C18H14N2O6. The number of Topliss-reactive ketones (excluding diaryl/α,β-unsaturated/α-hetero) is 1. The highest BCUT2D eigenvalue weighted by Gasteiger charge is 2.43. The lowest BCUT2D eigenvalue weighted by Gasteiger charge is -2.26. The van der Waals surface area contributed by atoms with Crippen LogP contribution in [0, 0.1) is 10.1 Å². The van der Waals surface area contributed by atoms with Gasteiger partial charge in [-0.05, 0) is 48.9 Å². The number of aliphatic hydroxyl groups is 1. The lowest BCUT2D eigenvalue weighted by molar-refractivity contribution is -0.384. The highest BCUT2D eigenvalue weighted by atomic mass is 16.6. The van der Waals surface area contributed by atoms with E-state index in [1.54, 1.807) is 0 Å². The zero-order valence-electron chi connectivity index (χ0n) is 13.6. The van der Waals surface area contributed by atoms with Crippen LogP contribution in [0.2, 0.25) is 0 Å². The Balaban J connectivity index is 2.14. The van der Waals surface area contributed by atoms with E-state index in [0.29, 0.717) is 11.3 Å². The number of nitro benzene ring substituents is 1. The Kier molecular flexibility index (Phi) is 4.17. The first-order valence-electron chi connectivity index (χ1n) is 7.62. The highest BCUT2D eigenvalue weighted by molar-refractivity contribution is 6.16. The summed E-state index contributed by atoms with van der Waals surface area (Å²) >= 11 is 0. The minimum Gasteiger partial charge on any atom is -0.508 e. The van der Waals surface area contributed by atoms with Gasteiger partial charge in [0.2, 0.25) is 0 Å². The zero-order valence-corrected chi connectivity index (χ0v) is 13.6. The number of benzene rings is 2. The number of non-ortho nitro benzene ring substituents is 1. The number of aliphatic hydroxyl groups excluding tert-OH is 1. The summed E-state index contributed by atoms with van der Waals surface area (Å²) in [6, 6.07) is 10.2. The monoisotopic (exact) mass is 354 g/mol. The molecule has 0 saturated heterocycles. The van der Waals surface area contributed by atoms with Gasteiger partial charge < -0.3 is 10.2 Å². The Bertz CT molecular complexity index is 931. The fourth-order valence-corrected chi connectivity index (χ4v) is 2.94. The third kappa shape index (κ3) is 2.77. The number of hydrogen-bond donors (Lipinski definition) is 2. The normalized spacial score (nSPS) is 16.9. The first-order chi connectivity index (χ1) is 12.3. The molecule has 1 aliphatic rings. The molecule has 0 spiro atoms. The minimum absolute atomic E-state index is 0.00347. The van der Waals surface area contributed by atoms with Crippen LogP contribution in [-0.4, -0.2) is 26.8 Å². The molecule has 0 aliphatic carbocycles. The summed E-state index contributed by atoms with van der Waals surface area (Å²) in [7, 11) is 0. The Labute approximate surface area is 147 Å². The van der Waals surface area contributed by atoms with Gasteiger partial charge in [-0.1, -0.05) is 0 Å². The Hall–Kier alpha value is -3.68. The summed E-state index contributed by atoms with van der Waals surface area (Å²) in [4.78, 5) is 36.1. The quantitative estimate of drug-likeness (QED) is 0.643. The van der Waals surface area contributed by atoms with Gasteiger partial charge >= 0.3 is 0 Å². The third-order valence-electron chi connectivity index (χ3n) is 4.13. The van der Waals surface area contributed by atoms with Crippen molar-refractivity contribution < 1.29 is 24.7 Å². The fraction of sp³-hybridized carbons (Fsp3) is 0.111. The third-order valence-corrected chi connectivity index (χ3v) is 4.13. The lowest BCUT2D eigenvalue weighted by Crippen LogP contribution is -2.30. The molecule has 2 aromatic rings. The molecule has 8 nitrogen and oxygen atoms in total. The smallest absolute Gasteiger partial charge is 0.294 e. The van der Waals surface area contributed by atoms with Gasteiger partial charge in [-0.2, -0.15) is 0 Å². The van der Waals surface area contributed by atoms with Crippen LogP contribution in [0.5, 0.6) is 5.75 Å². The van der Waals surface area contributed by atoms with Gasteiger partial charge in [-0.3, -0.25) is 24.6 Å². The number of amides is 1. The van der Waals surface area contributed by atoms with E-state index in [9.17, 15) is 29.9 Å². The number of nitro groups is 1. The molecule has 0 unspecified atom stereocenters. The average Bonchev–Trinajstić information content (AvgIpc) is 2.87. The number of anilines is 1. The molecule has 0 radical (unpaired) electrons. The van der Waals surface area contributed by atoms with Crippen molar-refractivity contribution in [3.8, 4) is 5.75 Å². The van der Waals surface area contributed by atoms with Crippen LogP contribution in [0.1, 0.15) is 18.5 Å². The van der Waals surface area contributed by atoms with Crippen LogP contribution >= 0.6 is 0 Å². The second-order valence-electron chi connectivity index (χ2n) is 5.76. The number of ketones is 1. The van der Waals surface area contributed by atoms with E-state index in [2.05, 4.69) is 0 Å². The van der Waals surface area contributed by atoms with Crippen LogP contribution in [0.25, 0.3) is 0 Å². The molecule has 1 atom stereocenters. The van der Waals surface area contributed by atoms with E-state index in [4.69, 9.17) is 0 Å². The van der Waals surface area contributed by atoms with E-state index in [0.717, 1.165) is 0 Å². The standard InChI is InChI=1S/C18H14N2O6/c1-10(21)15-16(11-2-4-13(5-3-11)20(25)26)19(18(24)17(15)23)12-6-8-14(22)9-7-12/h2-9,16,22-23H,1H3/t16-/m1/s1. The maximum atomic E-state index is 12.6. The van der Waals surface area contributed by atoms with E-state index in [1.807, 2.05) is 0 Å². The largest absolute Gasteiger partial charge is 0.508 e. The van der Waals surface area contributed by atoms with Crippen molar-refractivity contribution in [2.24, 2.45) is 0 Å². The van der Waals surface area contributed by atoms with Gasteiger partial charge in [0, 0.05) is 17.8 Å². The molecule has 132 valence electrons. The number of carbonyl (C=O) groups is 2. The van der Waals surface area contributed by atoms with Gasteiger partial charge in [-0.25, -0.2) is 0 Å². The van der Waals surface area contributed by atoms with Crippen LogP contribution in [0.15, 0.2) is 59.9 Å². The number of phenolic OH excluding ortho intramolecular Hbond substituents is 1. The number of nitrogens with zero attached hydrogens (tertiary/aromatic N) is 2. The van der Waals surface area contributed by atoms with Crippen LogP contribution in [0.3, 0.4) is 0 Å². The Morgan fingerprint density at radius 3 is 2.15 bits per heavy atom. The second-order valence-corrected chi connectivity index (χ2v) is 5.76. The van der Waals surface area contributed by atoms with Crippen molar-refractivity contribution in [2.75, 3.05) is 4.90 Å². The fourth-order valence-electron chi connectivity index (χ4n) is 2.94. The summed E-state index contributed by atoms with van der Waals surface area (Å²) in [6.45, 7) is 1.23. The number of rotatable bonds is 4. The van der Waals surface area contributed by atoms with Gasteiger partial charge in [-0.15, -0.1) is 0 Å². The van der Waals surface area contributed by atoms with Crippen molar-refractivity contribution in [1.29, 1.82) is 0 Å². The SMILES string of the molecule is CC(=O)C1=C(O)C(=O)N(c2ccc(O)cc2)[C@@H]1c1ccc([N+](=O)[O-])cc1. The van der Waals surface area contributed by atoms with Crippen molar-refractivity contribution in [1.82, 2.24) is 0 Å². The van der Waals surface area contributed by atoms with E-state index in [1.165, 1.54) is 60.4 Å². The maximum absolute atomic E-state index is 12.6. The van der Waals surface area contributed by atoms with Crippen LogP contribution < -0.4 is 4.90 Å². The molecule has 1 aliphatic heterocycles. The van der Waals surface area contributed by atoms with Crippen molar-refractivity contribution in [3.05, 3.63) is 75.5 Å². The molecule has 0 aromatic heterocycles. The molecule has 1 heterocycles. The molecule has 2 aromatic carbocycles. The summed E-state index contributed by atoms with van der Waals surface area (Å²) in [5, 5.41) is 30.5. The van der Waals surface area contributed by atoms with Gasteiger partial charge in [0.25, 0.3) is 11.6 Å². The average molecular weight is 354 g/mol. The van der Waals surface area contributed by atoms with Gasteiger partial charge in [0.15, 0.2) is 11.5 Å². The number of carbonyl (C=O) groups excluding carboxylic acids is 2. The summed E-state index contributed by atoms with van der Waals surface area (Å²) in [5.74, 6) is -1.91. The number of phenols is 1. The molecule has 0 fully saturated rings. The van der Waals surface area contributed by atoms with Crippen LogP contribution in [0.4, 0.5) is 11.4 Å². The van der Waals surface area contributed by atoms with Crippen LogP contribution in [-0.2, 0) is 9.59 Å². The zero-order chi connectivity index (χ0) is 19.0.